The third kappa shape index (κ3) is 4.70. The first-order chi connectivity index (χ1) is 16.4. The van der Waals surface area contributed by atoms with E-state index in [1.807, 2.05) is 31.2 Å². The molecule has 0 spiro atoms. The number of hydrogen-bond acceptors (Lipinski definition) is 5. The van der Waals surface area contributed by atoms with Gasteiger partial charge in [-0.05, 0) is 54.4 Å². The summed E-state index contributed by atoms with van der Waals surface area (Å²) in [4.78, 5) is 27.9. The largest absolute Gasteiger partial charge is 0.507 e. The summed E-state index contributed by atoms with van der Waals surface area (Å²) in [6.45, 7) is 2.60. The maximum Gasteiger partial charge on any atom is 0.295 e. The number of ketones is 1. The summed E-state index contributed by atoms with van der Waals surface area (Å²) in [6.07, 6.45) is 0. The van der Waals surface area contributed by atoms with Gasteiger partial charge in [0.15, 0.2) is 0 Å². The molecule has 0 saturated carbocycles. The minimum absolute atomic E-state index is 0.0541. The number of benzene rings is 3. The Hall–Kier alpha value is -3.58. The maximum atomic E-state index is 13.2. The highest BCUT2D eigenvalue weighted by Crippen LogP contribution is 2.41. The van der Waals surface area contributed by atoms with E-state index in [0.717, 1.165) is 10.0 Å². The van der Waals surface area contributed by atoms with Gasteiger partial charge >= 0.3 is 0 Å². The van der Waals surface area contributed by atoms with Crippen LogP contribution in [-0.4, -0.2) is 35.4 Å². The van der Waals surface area contributed by atoms with Crippen molar-refractivity contribution in [2.45, 2.75) is 19.5 Å². The molecular formula is C27H24BrNO5. The Labute approximate surface area is 206 Å². The molecule has 34 heavy (non-hydrogen) atoms. The van der Waals surface area contributed by atoms with Gasteiger partial charge in [-0.1, -0.05) is 52.3 Å². The molecule has 1 aliphatic heterocycles. The van der Waals surface area contributed by atoms with Crippen LogP contribution in [0.2, 0.25) is 0 Å². The lowest BCUT2D eigenvalue weighted by molar-refractivity contribution is -0.140. The lowest BCUT2D eigenvalue weighted by atomic mass is 9.95. The van der Waals surface area contributed by atoms with Crippen LogP contribution < -0.4 is 9.47 Å². The molecule has 3 aromatic rings. The predicted octanol–water partition coefficient (Wildman–Crippen LogP) is 5.48. The molecule has 3 aromatic carbocycles. The molecule has 1 saturated heterocycles. The number of carbonyl (C=O) groups is 2. The molecule has 0 bridgehead atoms. The molecule has 4 rings (SSSR count). The highest BCUT2D eigenvalue weighted by Gasteiger charge is 2.46. The number of likely N-dealkylation sites (tertiary alicyclic amines) is 1. The van der Waals surface area contributed by atoms with Crippen LogP contribution in [0.5, 0.6) is 11.5 Å². The van der Waals surface area contributed by atoms with E-state index in [2.05, 4.69) is 15.9 Å². The zero-order chi connectivity index (χ0) is 24.2. The Bertz CT molecular complexity index is 1230. The minimum atomic E-state index is -0.759. The molecule has 174 valence electrons. The molecule has 1 aliphatic rings. The third-order valence-corrected chi connectivity index (χ3v) is 6.18. The molecule has 6 nitrogen and oxygen atoms in total. The van der Waals surface area contributed by atoms with E-state index in [1.165, 1.54) is 4.90 Å². The number of aliphatic hydroxyl groups is 1. The summed E-state index contributed by atoms with van der Waals surface area (Å²) >= 11 is 3.38. The van der Waals surface area contributed by atoms with Crippen molar-refractivity contribution in [3.05, 3.63) is 99.5 Å². The van der Waals surface area contributed by atoms with E-state index >= 15 is 0 Å². The molecule has 0 radical (unpaired) electrons. The second-order valence-electron chi connectivity index (χ2n) is 7.79. The van der Waals surface area contributed by atoms with Gasteiger partial charge in [0.2, 0.25) is 0 Å². The Morgan fingerprint density at radius 1 is 1.00 bits per heavy atom. The number of rotatable bonds is 7. The average molecular weight is 522 g/mol. The van der Waals surface area contributed by atoms with Crippen LogP contribution in [0, 0.1) is 0 Å². The second-order valence-corrected chi connectivity index (χ2v) is 8.70. The molecule has 1 N–H and O–H groups in total. The number of ether oxygens (including phenoxy) is 2. The molecule has 7 heteroatoms. The quantitative estimate of drug-likeness (QED) is 0.253. The van der Waals surface area contributed by atoms with E-state index in [1.54, 1.807) is 55.6 Å². The minimum Gasteiger partial charge on any atom is -0.507 e. The fourth-order valence-electron chi connectivity index (χ4n) is 4.04. The van der Waals surface area contributed by atoms with Crippen LogP contribution in [-0.2, 0) is 16.1 Å². The number of carbonyl (C=O) groups excluding carboxylic acids is 2. The standard InChI is InChI=1S/C27H24BrNO5/c1-3-34-22-6-4-5-17(15-22)16-29-24(18-9-13-21(33-2)14-10-18)23(26(31)27(29)32)25(30)19-7-11-20(28)12-8-19/h4-15,24,30H,3,16H2,1-2H3/b25-23-. The van der Waals surface area contributed by atoms with Gasteiger partial charge in [-0.15, -0.1) is 0 Å². The fourth-order valence-corrected chi connectivity index (χ4v) is 4.30. The van der Waals surface area contributed by atoms with Crippen LogP contribution in [0.3, 0.4) is 0 Å². The van der Waals surface area contributed by atoms with Gasteiger partial charge in [0, 0.05) is 16.6 Å². The van der Waals surface area contributed by atoms with Gasteiger partial charge in [0.05, 0.1) is 25.3 Å². The average Bonchev–Trinajstić information content (AvgIpc) is 3.09. The maximum absolute atomic E-state index is 13.2. The van der Waals surface area contributed by atoms with Gasteiger partial charge in [-0.2, -0.15) is 0 Å². The van der Waals surface area contributed by atoms with Gasteiger partial charge in [-0.25, -0.2) is 0 Å². The van der Waals surface area contributed by atoms with Crippen molar-refractivity contribution < 1.29 is 24.2 Å². The molecule has 0 aromatic heterocycles. The molecular weight excluding hydrogens is 498 g/mol. The predicted molar refractivity (Wildman–Crippen MR) is 133 cm³/mol. The molecule has 1 unspecified atom stereocenters. The smallest absolute Gasteiger partial charge is 0.295 e. The lowest BCUT2D eigenvalue weighted by Gasteiger charge is -2.25. The van der Waals surface area contributed by atoms with Crippen LogP contribution in [0.25, 0.3) is 5.76 Å². The highest BCUT2D eigenvalue weighted by atomic mass is 79.9. The topological polar surface area (TPSA) is 76.1 Å². The first-order valence-electron chi connectivity index (χ1n) is 10.8. The summed E-state index contributed by atoms with van der Waals surface area (Å²) in [5, 5.41) is 11.1. The van der Waals surface area contributed by atoms with Gasteiger partial charge < -0.3 is 19.5 Å². The molecule has 1 atom stereocenters. The van der Waals surface area contributed by atoms with Crippen LogP contribution >= 0.6 is 15.9 Å². The lowest BCUT2D eigenvalue weighted by Crippen LogP contribution is -2.29. The summed E-state index contributed by atoms with van der Waals surface area (Å²) in [6, 6.07) is 20.7. The van der Waals surface area contributed by atoms with Gasteiger partial charge in [-0.3, -0.25) is 9.59 Å². The Kier molecular flexibility index (Phi) is 7.03. The zero-order valence-corrected chi connectivity index (χ0v) is 20.4. The van der Waals surface area contributed by atoms with E-state index in [9.17, 15) is 14.7 Å². The number of aliphatic hydroxyl groups excluding tert-OH is 1. The second kappa shape index (κ2) is 10.1. The molecule has 1 heterocycles. The van der Waals surface area contributed by atoms with Crippen LogP contribution in [0.4, 0.5) is 0 Å². The van der Waals surface area contributed by atoms with E-state index in [0.29, 0.717) is 29.2 Å². The summed E-state index contributed by atoms with van der Waals surface area (Å²) in [5.41, 5.74) is 2.02. The Morgan fingerprint density at radius 2 is 1.71 bits per heavy atom. The van der Waals surface area contributed by atoms with Crippen molar-refractivity contribution in [3.63, 3.8) is 0 Å². The number of nitrogens with zero attached hydrogens (tertiary/aromatic N) is 1. The van der Waals surface area contributed by atoms with Crippen molar-refractivity contribution in [1.29, 1.82) is 0 Å². The Balaban J connectivity index is 1.81. The Morgan fingerprint density at radius 3 is 2.35 bits per heavy atom. The van der Waals surface area contributed by atoms with Crippen molar-refractivity contribution in [2.75, 3.05) is 13.7 Å². The molecule has 1 fully saturated rings. The van der Waals surface area contributed by atoms with Gasteiger partial charge in [0.1, 0.15) is 17.3 Å². The number of Topliss-reactive ketones (excluding diaryl/α,β-unsaturated/α-hetero) is 1. The van der Waals surface area contributed by atoms with Crippen LogP contribution in [0.15, 0.2) is 82.8 Å². The van der Waals surface area contributed by atoms with E-state index in [4.69, 9.17) is 9.47 Å². The van der Waals surface area contributed by atoms with Crippen molar-refractivity contribution in [3.8, 4) is 11.5 Å². The van der Waals surface area contributed by atoms with Crippen LogP contribution in [0.1, 0.15) is 29.7 Å². The zero-order valence-electron chi connectivity index (χ0n) is 18.8. The summed E-state index contributed by atoms with van der Waals surface area (Å²) in [7, 11) is 1.57. The summed E-state index contributed by atoms with van der Waals surface area (Å²) < 4.78 is 11.7. The number of amides is 1. The SMILES string of the molecule is CCOc1cccc(CN2C(=O)C(=O)/C(=C(\O)c3ccc(Br)cc3)C2c2ccc(OC)cc2)c1. The normalized spacial score (nSPS) is 17.1. The third-order valence-electron chi connectivity index (χ3n) is 5.65. The van der Waals surface area contributed by atoms with Crippen molar-refractivity contribution in [1.82, 2.24) is 4.90 Å². The van der Waals surface area contributed by atoms with E-state index in [-0.39, 0.29) is 17.9 Å². The van der Waals surface area contributed by atoms with Crippen molar-refractivity contribution in [2.24, 2.45) is 0 Å². The fraction of sp³-hybridized carbons (Fsp3) is 0.185. The molecule has 0 aliphatic carbocycles. The number of hydrogen-bond donors (Lipinski definition) is 1. The first-order valence-corrected chi connectivity index (χ1v) is 11.6. The van der Waals surface area contributed by atoms with Crippen molar-refractivity contribution >= 4 is 33.4 Å². The highest BCUT2D eigenvalue weighted by molar-refractivity contribution is 9.10. The van der Waals surface area contributed by atoms with Gasteiger partial charge in [0.25, 0.3) is 11.7 Å². The number of methoxy groups -OCH3 is 1. The molecule has 1 amide bonds. The first kappa shape index (κ1) is 23.6. The summed E-state index contributed by atoms with van der Waals surface area (Å²) in [5.74, 6) is -0.258. The monoisotopic (exact) mass is 521 g/mol. The van der Waals surface area contributed by atoms with E-state index < -0.39 is 17.7 Å². The number of halogens is 1.